The van der Waals surface area contributed by atoms with E-state index >= 15 is 0 Å². The first-order valence-electron chi connectivity index (χ1n) is 9.41. The summed E-state index contributed by atoms with van der Waals surface area (Å²) in [4.78, 5) is 31.7. The lowest BCUT2D eigenvalue weighted by atomic mass is 9.81. The first-order valence-corrected chi connectivity index (χ1v) is 9.79. The summed E-state index contributed by atoms with van der Waals surface area (Å²) in [6.45, 7) is 2.08. The van der Waals surface area contributed by atoms with Crippen molar-refractivity contribution in [2.24, 2.45) is 0 Å². The zero-order valence-electron chi connectivity index (χ0n) is 15.9. The molecule has 4 nitrogen and oxygen atoms in total. The minimum absolute atomic E-state index is 0.0335. The third-order valence-corrected chi connectivity index (χ3v) is 5.54. The molecule has 156 valence electrons. The molecule has 3 aromatic rings. The maximum absolute atomic E-state index is 13.0. The fraction of sp³-hybridized carbons (Fsp3) is 0.273. The summed E-state index contributed by atoms with van der Waals surface area (Å²) in [5, 5.41) is 0.657. The minimum Gasteiger partial charge on any atom is -0.414 e. The Balaban J connectivity index is 1.84. The molecular weight excluding hydrogens is 419 g/mol. The smallest absolute Gasteiger partial charge is 0.414 e. The third kappa shape index (κ3) is 3.47. The van der Waals surface area contributed by atoms with E-state index in [1.165, 1.54) is 22.9 Å². The molecule has 0 saturated heterocycles. The first kappa shape index (κ1) is 20.5. The summed E-state index contributed by atoms with van der Waals surface area (Å²) in [6.07, 6.45) is -4.10. The summed E-state index contributed by atoms with van der Waals surface area (Å²) < 4.78 is 40.1. The molecule has 1 aromatic heterocycles. The number of carbonyl (C=O) groups is 1. The van der Waals surface area contributed by atoms with E-state index in [0.29, 0.717) is 34.8 Å². The quantitative estimate of drug-likeness (QED) is 0.579. The molecule has 0 N–H and O–H groups in total. The van der Waals surface area contributed by atoms with E-state index in [4.69, 9.17) is 16.4 Å². The highest BCUT2D eigenvalue weighted by Gasteiger charge is 2.34. The molecule has 0 amide bonds. The van der Waals surface area contributed by atoms with Crippen molar-refractivity contribution in [2.45, 2.75) is 31.9 Å². The highest BCUT2D eigenvalue weighted by Crippen LogP contribution is 2.35. The third-order valence-electron chi connectivity index (χ3n) is 5.30. The van der Waals surface area contributed by atoms with Gasteiger partial charge in [-0.15, -0.1) is 0 Å². The molecule has 30 heavy (non-hydrogen) atoms. The van der Waals surface area contributed by atoms with Crippen molar-refractivity contribution < 1.29 is 22.8 Å². The Bertz CT molecular complexity index is 1200. The number of alkyl halides is 3. The number of Topliss-reactive ketones (excluding diaryl/α,β-unsaturated/α-hetero) is 1. The fourth-order valence-corrected chi connectivity index (χ4v) is 4.11. The van der Waals surface area contributed by atoms with Gasteiger partial charge in [-0.05, 0) is 55.2 Å². The van der Waals surface area contributed by atoms with Crippen LogP contribution in [0.1, 0.15) is 46.4 Å². The average molecular weight is 436 g/mol. The van der Waals surface area contributed by atoms with Crippen LogP contribution >= 0.6 is 11.6 Å². The van der Waals surface area contributed by atoms with Crippen LogP contribution in [0.2, 0.25) is 5.02 Å². The molecule has 1 atom stereocenters. The SMILES string of the molecule is CCOn1c2c(c(=O)c3cc(Cl)ccc31)C(=O)CC(c1ccc(C(F)(F)F)cc1)C2. The molecule has 0 aliphatic heterocycles. The van der Waals surface area contributed by atoms with Gasteiger partial charge in [-0.3, -0.25) is 9.59 Å². The van der Waals surface area contributed by atoms with Gasteiger partial charge in [0.05, 0.1) is 27.7 Å². The van der Waals surface area contributed by atoms with Gasteiger partial charge in [-0.25, -0.2) is 0 Å². The van der Waals surface area contributed by atoms with Gasteiger partial charge in [0.25, 0.3) is 0 Å². The predicted octanol–water partition coefficient (Wildman–Crippen LogP) is 5.03. The van der Waals surface area contributed by atoms with Crippen LogP contribution in [0.25, 0.3) is 10.9 Å². The molecule has 0 radical (unpaired) electrons. The lowest BCUT2D eigenvalue weighted by Gasteiger charge is -2.27. The first-order chi connectivity index (χ1) is 14.2. The van der Waals surface area contributed by atoms with Crippen molar-refractivity contribution in [3.63, 3.8) is 0 Å². The van der Waals surface area contributed by atoms with Crippen molar-refractivity contribution in [1.82, 2.24) is 4.73 Å². The molecule has 1 aliphatic carbocycles. The van der Waals surface area contributed by atoms with Gasteiger partial charge in [0.1, 0.15) is 6.61 Å². The van der Waals surface area contributed by atoms with Crippen LogP contribution < -0.4 is 10.3 Å². The van der Waals surface area contributed by atoms with E-state index in [9.17, 15) is 22.8 Å². The Labute approximate surface area is 174 Å². The summed E-state index contributed by atoms with van der Waals surface area (Å²) >= 11 is 6.03. The van der Waals surface area contributed by atoms with Crippen LogP contribution in [0.3, 0.4) is 0 Å². The van der Waals surface area contributed by atoms with E-state index in [-0.39, 0.29) is 29.1 Å². The van der Waals surface area contributed by atoms with Gasteiger partial charge < -0.3 is 4.84 Å². The number of aromatic nitrogens is 1. The van der Waals surface area contributed by atoms with Crippen LogP contribution in [0, 0.1) is 0 Å². The van der Waals surface area contributed by atoms with Crippen LogP contribution in [-0.4, -0.2) is 17.1 Å². The molecule has 2 aromatic carbocycles. The van der Waals surface area contributed by atoms with E-state index in [0.717, 1.165) is 12.1 Å². The van der Waals surface area contributed by atoms with Crippen molar-refractivity contribution in [3.05, 3.63) is 80.1 Å². The molecule has 8 heteroatoms. The number of rotatable bonds is 3. The molecule has 4 rings (SSSR count). The summed E-state index contributed by atoms with van der Waals surface area (Å²) in [6, 6.07) is 9.57. The number of fused-ring (bicyclic) bond motifs is 2. The van der Waals surface area contributed by atoms with E-state index in [1.54, 1.807) is 19.1 Å². The molecule has 1 heterocycles. The Hall–Kier alpha value is -2.80. The van der Waals surface area contributed by atoms with Crippen LogP contribution in [0.15, 0.2) is 47.3 Å². The molecule has 0 saturated carbocycles. The van der Waals surface area contributed by atoms with Crippen LogP contribution in [0.5, 0.6) is 0 Å². The zero-order valence-corrected chi connectivity index (χ0v) is 16.7. The largest absolute Gasteiger partial charge is 0.416 e. The maximum atomic E-state index is 13.0. The highest BCUT2D eigenvalue weighted by molar-refractivity contribution is 6.31. The number of carbonyl (C=O) groups excluding carboxylic acids is 1. The summed E-state index contributed by atoms with van der Waals surface area (Å²) in [5.41, 5.74) is 0.427. The standard InChI is InChI=1S/C22H17ClF3NO3/c1-2-30-27-17-8-7-15(23)11-16(17)21(29)20-18(27)9-13(10-19(20)28)12-3-5-14(6-4-12)22(24,25)26/h3-8,11,13H,2,9-10H2,1H3. The van der Waals surface area contributed by atoms with Crippen molar-refractivity contribution in [1.29, 1.82) is 0 Å². The summed E-state index contributed by atoms with van der Waals surface area (Å²) in [7, 11) is 0. The number of benzene rings is 2. The molecular formula is C22H17ClF3NO3. The Kier molecular flexibility index (Phi) is 5.10. The zero-order chi connectivity index (χ0) is 21.6. The van der Waals surface area contributed by atoms with E-state index in [1.807, 2.05) is 0 Å². The molecule has 0 fully saturated rings. The number of hydrogen-bond donors (Lipinski definition) is 0. The monoisotopic (exact) mass is 435 g/mol. The van der Waals surface area contributed by atoms with Gasteiger partial charge in [0.15, 0.2) is 5.78 Å². The lowest BCUT2D eigenvalue weighted by Crippen LogP contribution is -2.33. The number of halogens is 4. The van der Waals surface area contributed by atoms with E-state index < -0.39 is 17.2 Å². The normalized spacial score (nSPS) is 16.6. The second-order valence-electron chi connectivity index (χ2n) is 7.17. The maximum Gasteiger partial charge on any atom is 0.416 e. The van der Waals surface area contributed by atoms with Crippen LogP contribution in [0.4, 0.5) is 13.2 Å². The van der Waals surface area contributed by atoms with Crippen molar-refractivity contribution in [3.8, 4) is 0 Å². The molecule has 1 unspecified atom stereocenters. The molecule has 0 spiro atoms. The Morgan fingerprint density at radius 1 is 1.10 bits per heavy atom. The van der Waals surface area contributed by atoms with Gasteiger partial charge >= 0.3 is 6.18 Å². The van der Waals surface area contributed by atoms with Crippen molar-refractivity contribution >= 4 is 28.3 Å². The lowest BCUT2D eigenvalue weighted by molar-refractivity contribution is -0.137. The Morgan fingerprint density at radius 2 is 1.80 bits per heavy atom. The fourth-order valence-electron chi connectivity index (χ4n) is 3.94. The molecule has 0 bridgehead atoms. The Morgan fingerprint density at radius 3 is 2.43 bits per heavy atom. The van der Waals surface area contributed by atoms with Crippen molar-refractivity contribution in [2.75, 3.05) is 6.61 Å². The number of pyridine rings is 1. The topological polar surface area (TPSA) is 48.3 Å². The van der Waals surface area contributed by atoms with Gasteiger partial charge in [-0.2, -0.15) is 17.9 Å². The van der Waals surface area contributed by atoms with Crippen LogP contribution in [-0.2, 0) is 12.6 Å². The highest BCUT2D eigenvalue weighted by atomic mass is 35.5. The van der Waals surface area contributed by atoms with Gasteiger partial charge in [0, 0.05) is 11.4 Å². The van der Waals surface area contributed by atoms with Gasteiger partial charge in [0.2, 0.25) is 5.43 Å². The number of ketones is 1. The molecule has 1 aliphatic rings. The number of nitrogens with zero attached hydrogens (tertiary/aromatic N) is 1. The second kappa shape index (κ2) is 7.47. The average Bonchev–Trinajstić information content (AvgIpc) is 2.70. The predicted molar refractivity (Wildman–Crippen MR) is 107 cm³/mol. The van der Waals surface area contributed by atoms with Gasteiger partial charge in [-0.1, -0.05) is 23.7 Å². The number of hydrogen-bond acceptors (Lipinski definition) is 3. The summed E-state index contributed by atoms with van der Waals surface area (Å²) in [5.74, 6) is -0.718. The second-order valence-corrected chi connectivity index (χ2v) is 7.61. The minimum atomic E-state index is -4.43. The van der Waals surface area contributed by atoms with E-state index in [2.05, 4.69) is 0 Å².